The number of alkyl halides is 2. The number of aliphatic hydroxyl groups excluding tert-OH is 1. The smallest absolute Gasteiger partial charge is 0.387 e. The van der Waals surface area contributed by atoms with Crippen molar-refractivity contribution in [3.63, 3.8) is 0 Å². The lowest BCUT2D eigenvalue weighted by atomic mass is 10.0. The number of ether oxygens (including phenoxy) is 2. The summed E-state index contributed by atoms with van der Waals surface area (Å²) >= 11 is 0. The molecule has 1 aliphatic rings. The Labute approximate surface area is 111 Å². The van der Waals surface area contributed by atoms with Crippen molar-refractivity contribution >= 4 is 0 Å². The van der Waals surface area contributed by atoms with Crippen LogP contribution in [0.3, 0.4) is 0 Å². The van der Waals surface area contributed by atoms with E-state index < -0.39 is 12.7 Å². The molecule has 5 heteroatoms. The molecule has 0 saturated carbocycles. The lowest BCUT2D eigenvalue weighted by Crippen LogP contribution is -2.10. The van der Waals surface area contributed by atoms with Crippen molar-refractivity contribution in [2.75, 3.05) is 6.61 Å². The number of hydrogen-bond donors (Lipinski definition) is 1. The summed E-state index contributed by atoms with van der Waals surface area (Å²) in [6, 6.07) is 6.35. The molecule has 2 atom stereocenters. The predicted molar refractivity (Wildman–Crippen MR) is 66.2 cm³/mol. The molecule has 0 bridgehead atoms. The Hall–Kier alpha value is -1.20. The fourth-order valence-electron chi connectivity index (χ4n) is 2.33. The van der Waals surface area contributed by atoms with Gasteiger partial charge in [0.2, 0.25) is 0 Å². The molecule has 0 aliphatic carbocycles. The molecule has 3 nitrogen and oxygen atoms in total. The summed E-state index contributed by atoms with van der Waals surface area (Å²) in [6.07, 6.45) is 2.63. The zero-order valence-corrected chi connectivity index (χ0v) is 10.6. The lowest BCUT2D eigenvalue weighted by molar-refractivity contribution is -0.0517. The average molecular weight is 272 g/mol. The molecule has 1 heterocycles. The van der Waals surface area contributed by atoms with Crippen LogP contribution < -0.4 is 4.74 Å². The second-order valence-electron chi connectivity index (χ2n) is 4.64. The van der Waals surface area contributed by atoms with Crippen LogP contribution in [0.4, 0.5) is 8.78 Å². The van der Waals surface area contributed by atoms with Crippen LogP contribution in [0.2, 0.25) is 0 Å². The third kappa shape index (κ3) is 4.14. The van der Waals surface area contributed by atoms with Gasteiger partial charge in [0.15, 0.2) is 0 Å². The number of para-hydroxylation sites is 1. The third-order valence-corrected chi connectivity index (χ3v) is 3.28. The molecular weight excluding hydrogens is 254 g/mol. The van der Waals surface area contributed by atoms with Gasteiger partial charge < -0.3 is 14.6 Å². The van der Waals surface area contributed by atoms with E-state index in [0.29, 0.717) is 12.0 Å². The van der Waals surface area contributed by atoms with E-state index in [9.17, 15) is 13.9 Å². The van der Waals surface area contributed by atoms with E-state index in [2.05, 4.69) is 4.74 Å². The van der Waals surface area contributed by atoms with Crippen molar-refractivity contribution < 1.29 is 23.4 Å². The van der Waals surface area contributed by atoms with Crippen LogP contribution in [-0.4, -0.2) is 24.4 Å². The molecule has 106 valence electrons. The quantitative estimate of drug-likeness (QED) is 0.863. The van der Waals surface area contributed by atoms with Gasteiger partial charge in [0.1, 0.15) is 5.75 Å². The molecule has 0 spiro atoms. The number of rotatable bonds is 6. The highest BCUT2D eigenvalue weighted by atomic mass is 19.3. The molecular formula is C14H18F2O3. The Morgan fingerprint density at radius 1 is 1.37 bits per heavy atom. The lowest BCUT2D eigenvalue weighted by Gasteiger charge is -2.17. The highest BCUT2D eigenvalue weighted by Crippen LogP contribution is 2.30. The van der Waals surface area contributed by atoms with Gasteiger partial charge in [-0.2, -0.15) is 8.78 Å². The molecule has 2 rings (SSSR count). The van der Waals surface area contributed by atoms with Gasteiger partial charge in [-0.1, -0.05) is 18.2 Å². The summed E-state index contributed by atoms with van der Waals surface area (Å²) in [5.41, 5.74) is 0.404. The van der Waals surface area contributed by atoms with Crippen molar-refractivity contribution in [3.8, 4) is 5.75 Å². The van der Waals surface area contributed by atoms with Crippen molar-refractivity contribution in [2.24, 2.45) is 0 Å². The fraction of sp³-hybridized carbons (Fsp3) is 0.571. The normalized spacial score (nSPS) is 20.7. The monoisotopic (exact) mass is 272 g/mol. The van der Waals surface area contributed by atoms with Crippen LogP contribution in [0, 0.1) is 0 Å². The Morgan fingerprint density at radius 3 is 2.84 bits per heavy atom. The van der Waals surface area contributed by atoms with Crippen LogP contribution in [0.1, 0.15) is 37.4 Å². The van der Waals surface area contributed by atoms with Crippen LogP contribution in [0.25, 0.3) is 0 Å². The predicted octanol–water partition coefficient (Wildman–Crippen LogP) is 3.28. The van der Waals surface area contributed by atoms with Crippen LogP contribution in [0.5, 0.6) is 5.75 Å². The van der Waals surface area contributed by atoms with E-state index in [1.807, 2.05) is 0 Å². The van der Waals surface area contributed by atoms with Gasteiger partial charge in [0.05, 0.1) is 12.2 Å². The number of aliphatic hydroxyl groups is 1. The Balaban J connectivity index is 1.95. The largest absolute Gasteiger partial charge is 0.434 e. The fourth-order valence-corrected chi connectivity index (χ4v) is 2.33. The molecule has 1 aliphatic heterocycles. The van der Waals surface area contributed by atoms with Gasteiger partial charge in [-0.3, -0.25) is 0 Å². The topological polar surface area (TPSA) is 38.7 Å². The summed E-state index contributed by atoms with van der Waals surface area (Å²) < 4.78 is 34.4. The van der Waals surface area contributed by atoms with Crippen LogP contribution in [-0.2, 0) is 4.74 Å². The number of halogens is 2. The molecule has 1 aromatic carbocycles. The van der Waals surface area contributed by atoms with E-state index in [4.69, 9.17) is 4.74 Å². The number of benzene rings is 1. The molecule has 1 N–H and O–H groups in total. The van der Waals surface area contributed by atoms with E-state index >= 15 is 0 Å². The molecule has 2 unspecified atom stereocenters. The first kappa shape index (κ1) is 14.2. The van der Waals surface area contributed by atoms with Gasteiger partial charge in [0.25, 0.3) is 0 Å². The highest BCUT2D eigenvalue weighted by molar-refractivity contribution is 5.35. The molecule has 0 aromatic heterocycles. The highest BCUT2D eigenvalue weighted by Gasteiger charge is 2.20. The maximum absolute atomic E-state index is 12.3. The van der Waals surface area contributed by atoms with Gasteiger partial charge in [-0.15, -0.1) is 0 Å². The minimum Gasteiger partial charge on any atom is -0.434 e. The molecule has 1 fully saturated rings. The summed E-state index contributed by atoms with van der Waals surface area (Å²) in [5.74, 6) is 0.0392. The standard InChI is InChI=1S/C14H18F2O3/c15-14(16)19-13-6-2-1-5-11(13)12(17)8-7-10-4-3-9-18-10/h1-2,5-6,10,12,14,17H,3-4,7-9H2. The zero-order valence-electron chi connectivity index (χ0n) is 10.6. The molecule has 0 amide bonds. The van der Waals surface area contributed by atoms with Gasteiger partial charge in [-0.05, 0) is 31.7 Å². The average Bonchev–Trinajstić information content (AvgIpc) is 2.89. The van der Waals surface area contributed by atoms with Gasteiger partial charge in [0, 0.05) is 12.2 Å². The number of hydrogen-bond acceptors (Lipinski definition) is 3. The van der Waals surface area contributed by atoms with E-state index in [-0.39, 0.29) is 11.9 Å². The molecule has 19 heavy (non-hydrogen) atoms. The molecule has 0 radical (unpaired) electrons. The van der Waals surface area contributed by atoms with Gasteiger partial charge in [-0.25, -0.2) is 0 Å². The van der Waals surface area contributed by atoms with E-state index in [1.165, 1.54) is 6.07 Å². The third-order valence-electron chi connectivity index (χ3n) is 3.28. The minimum absolute atomic E-state index is 0.0392. The van der Waals surface area contributed by atoms with Crippen molar-refractivity contribution in [1.29, 1.82) is 0 Å². The summed E-state index contributed by atoms with van der Waals surface area (Å²) in [5, 5.41) is 10.1. The van der Waals surface area contributed by atoms with Crippen molar-refractivity contribution in [3.05, 3.63) is 29.8 Å². The van der Waals surface area contributed by atoms with E-state index in [0.717, 1.165) is 25.9 Å². The first-order chi connectivity index (χ1) is 9.16. The Bertz CT molecular complexity index is 392. The maximum atomic E-state index is 12.3. The SMILES string of the molecule is OC(CCC1CCCO1)c1ccccc1OC(F)F. The second-order valence-corrected chi connectivity index (χ2v) is 4.64. The first-order valence-corrected chi connectivity index (χ1v) is 6.50. The second kappa shape index (κ2) is 6.82. The summed E-state index contributed by atoms with van der Waals surface area (Å²) in [4.78, 5) is 0. The zero-order chi connectivity index (χ0) is 13.7. The van der Waals surface area contributed by atoms with Crippen LogP contribution in [0.15, 0.2) is 24.3 Å². The molecule has 1 saturated heterocycles. The maximum Gasteiger partial charge on any atom is 0.387 e. The first-order valence-electron chi connectivity index (χ1n) is 6.50. The van der Waals surface area contributed by atoms with Gasteiger partial charge >= 0.3 is 6.61 Å². The van der Waals surface area contributed by atoms with Crippen molar-refractivity contribution in [1.82, 2.24) is 0 Å². The summed E-state index contributed by atoms with van der Waals surface area (Å²) in [6.45, 7) is -2.11. The Kier molecular flexibility index (Phi) is 5.10. The van der Waals surface area contributed by atoms with Crippen LogP contribution >= 0.6 is 0 Å². The summed E-state index contributed by atoms with van der Waals surface area (Å²) in [7, 11) is 0. The van der Waals surface area contributed by atoms with E-state index in [1.54, 1.807) is 18.2 Å². The van der Waals surface area contributed by atoms with Crippen molar-refractivity contribution in [2.45, 2.75) is 44.5 Å². The molecule has 1 aromatic rings. The Morgan fingerprint density at radius 2 is 2.16 bits per heavy atom. The minimum atomic E-state index is -2.88.